The maximum Gasteiger partial charge on any atom is 0.236 e. The Bertz CT molecular complexity index is 913. The molecule has 1 aliphatic rings. The standard InChI is InChI=1S/C20H21N3O2/c1-12-9-13(7-8-22-12)16(21)11-18(24)14-5-6-15-17(10-14)23(4)19(25)20(15,2)3/h5-11H,21H2,1-4H3. The summed E-state index contributed by atoms with van der Waals surface area (Å²) in [6, 6.07) is 8.95. The average molecular weight is 335 g/mol. The number of aromatic nitrogens is 1. The van der Waals surface area contributed by atoms with Gasteiger partial charge in [0, 0.05) is 47.5 Å². The SMILES string of the molecule is Cc1cc(C(N)=CC(=O)c2ccc3c(c2)N(C)C(=O)C3(C)C)ccn1. The molecule has 0 atom stereocenters. The van der Waals surface area contributed by atoms with Crippen LogP contribution in [-0.4, -0.2) is 23.7 Å². The molecule has 0 fully saturated rings. The molecule has 25 heavy (non-hydrogen) atoms. The summed E-state index contributed by atoms with van der Waals surface area (Å²) in [5, 5.41) is 0. The summed E-state index contributed by atoms with van der Waals surface area (Å²) in [6.45, 7) is 5.65. The smallest absolute Gasteiger partial charge is 0.236 e. The Labute approximate surface area is 147 Å². The van der Waals surface area contributed by atoms with Crippen LogP contribution >= 0.6 is 0 Å². The van der Waals surface area contributed by atoms with Crippen LogP contribution in [0.25, 0.3) is 5.70 Å². The van der Waals surface area contributed by atoms with E-state index in [4.69, 9.17) is 5.73 Å². The van der Waals surface area contributed by atoms with E-state index in [9.17, 15) is 9.59 Å². The first-order valence-corrected chi connectivity index (χ1v) is 8.09. The summed E-state index contributed by atoms with van der Waals surface area (Å²) in [7, 11) is 1.73. The van der Waals surface area contributed by atoms with Crippen molar-refractivity contribution in [2.24, 2.45) is 5.73 Å². The Morgan fingerprint density at radius 2 is 1.92 bits per heavy atom. The predicted molar refractivity (Wildman–Crippen MR) is 98.3 cm³/mol. The van der Waals surface area contributed by atoms with Crippen molar-refractivity contribution in [1.82, 2.24) is 4.98 Å². The number of nitrogens with zero attached hydrogens (tertiary/aromatic N) is 2. The Balaban J connectivity index is 1.95. The van der Waals surface area contributed by atoms with Crippen molar-refractivity contribution in [3.63, 3.8) is 0 Å². The lowest BCUT2D eigenvalue weighted by Crippen LogP contribution is -2.33. The minimum Gasteiger partial charge on any atom is -0.398 e. The number of fused-ring (bicyclic) bond motifs is 1. The van der Waals surface area contributed by atoms with Gasteiger partial charge in [-0.2, -0.15) is 0 Å². The number of carbonyl (C=O) groups excluding carboxylic acids is 2. The molecule has 2 aromatic rings. The highest BCUT2D eigenvalue weighted by molar-refractivity contribution is 6.12. The van der Waals surface area contributed by atoms with Gasteiger partial charge in [0.15, 0.2) is 5.78 Å². The number of allylic oxidation sites excluding steroid dienone is 1. The molecule has 1 aromatic heterocycles. The van der Waals surface area contributed by atoms with Crippen molar-refractivity contribution in [1.29, 1.82) is 0 Å². The molecule has 0 spiro atoms. The zero-order valence-corrected chi connectivity index (χ0v) is 14.8. The number of nitrogens with two attached hydrogens (primary N) is 1. The summed E-state index contributed by atoms with van der Waals surface area (Å²) < 4.78 is 0. The maximum absolute atomic E-state index is 12.6. The molecule has 0 bridgehead atoms. The molecule has 1 aromatic carbocycles. The van der Waals surface area contributed by atoms with E-state index in [1.165, 1.54) is 6.08 Å². The molecule has 0 saturated carbocycles. The number of aryl methyl sites for hydroxylation is 1. The third-order valence-corrected chi connectivity index (χ3v) is 4.67. The Morgan fingerprint density at radius 3 is 2.60 bits per heavy atom. The summed E-state index contributed by atoms with van der Waals surface area (Å²) in [6.07, 6.45) is 3.08. The van der Waals surface area contributed by atoms with Gasteiger partial charge in [0.1, 0.15) is 0 Å². The number of anilines is 1. The first-order valence-electron chi connectivity index (χ1n) is 8.09. The van der Waals surface area contributed by atoms with E-state index in [2.05, 4.69) is 4.98 Å². The van der Waals surface area contributed by atoms with Crippen LogP contribution in [0.1, 0.15) is 41.0 Å². The fourth-order valence-corrected chi connectivity index (χ4v) is 3.17. The maximum atomic E-state index is 12.6. The first-order chi connectivity index (χ1) is 11.7. The largest absolute Gasteiger partial charge is 0.398 e. The quantitative estimate of drug-likeness (QED) is 0.691. The van der Waals surface area contributed by atoms with Crippen LogP contribution in [0.3, 0.4) is 0 Å². The minimum atomic E-state index is -0.574. The van der Waals surface area contributed by atoms with Crippen LogP contribution in [0, 0.1) is 6.92 Å². The van der Waals surface area contributed by atoms with Crippen LogP contribution in [0.15, 0.2) is 42.6 Å². The second-order valence-corrected chi connectivity index (χ2v) is 6.87. The van der Waals surface area contributed by atoms with Crippen LogP contribution in [-0.2, 0) is 10.2 Å². The summed E-state index contributed by atoms with van der Waals surface area (Å²) in [5.41, 5.74) is 9.67. The number of ketones is 1. The van der Waals surface area contributed by atoms with Gasteiger partial charge in [-0.05, 0) is 44.5 Å². The van der Waals surface area contributed by atoms with Crippen LogP contribution < -0.4 is 10.6 Å². The van der Waals surface area contributed by atoms with E-state index in [1.54, 1.807) is 36.3 Å². The Morgan fingerprint density at radius 1 is 1.20 bits per heavy atom. The van der Waals surface area contributed by atoms with Crippen molar-refractivity contribution < 1.29 is 9.59 Å². The monoisotopic (exact) mass is 335 g/mol. The van der Waals surface area contributed by atoms with Gasteiger partial charge in [-0.1, -0.05) is 12.1 Å². The van der Waals surface area contributed by atoms with Gasteiger partial charge in [-0.25, -0.2) is 0 Å². The van der Waals surface area contributed by atoms with Crippen molar-refractivity contribution in [2.75, 3.05) is 11.9 Å². The van der Waals surface area contributed by atoms with E-state index in [-0.39, 0.29) is 11.7 Å². The second-order valence-electron chi connectivity index (χ2n) is 6.87. The lowest BCUT2D eigenvalue weighted by Gasteiger charge is -2.16. The molecule has 3 rings (SSSR count). The molecular formula is C20H21N3O2. The molecule has 128 valence electrons. The van der Waals surface area contributed by atoms with Crippen molar-refractivity contribution in [3.05, 3.63) is 65.0 Å². The van der Waals surface area contributed by atoms with E-state index in [0.717, 1.165) is 22.5 Å². The Kier molecular flexibility index (Phi) is 3.95. The Hall–Kier alpha value is -2.95. The van der Waals surface area contributed by atoms with Crippen molar-refractivity contribution >= 4 is 23.1 Å². The molecular weight excluding hydrogens is 314 g/mol. The predicted octanol–water partition coefficient (Wildman–Crippen LogP) is 2.83. The molecule has 0 unspecified atom stereocenters. The molecule has 1 amide bonds. The minimum absolute atomic E-state index is 0.0226. The molecule has 5 nitrogen and oxygen atoms in total. The van der Waals surface area contributed by atoms with E-state index >= 15 is 0 Å². The summed E-state index contributed by atoms with van der Waals surface area (Å²) >= 11 is 0. The third-order valence-electron chi connectivity index (χ3n) is 4.67. The molecule has 0 aliphatic carbocycles. The van der Waals surface area contributed by atoms with Crippen molar-refractivity contribution in [2.45, 2.75) is 26.2 Å². The highest BCUT2D eigenvalue weighted by Gasteiger charge is 2.42. The van der Waals surface area contributed by atoms with E-state index in [0.29, 0.717) is 11.3 Å². The normalized spacial score (nSPS) is 16.1. The number of amides is 1. The summed E-state index contributed by atoms with van der Waals surface area (Å²) in [4.78, 5) is 30.7. The first kappa shape index (κ1) is 16.9. The zero-order chi connectivity index (χ0) is 18.4. The lowest BCUT2D eigenvalue weighted by molar-refractivity contribution is -0.121. The van der Waals surface area contributed by atoms with Gasteiger partial charge in [-0.15, -0.1) is 0 Å². The van der Waals surface area contributed by atoms with Crippen LogP contribution in [0.4, 0.5) is 5.69 Å². The molecule has 2 heterocycles. The van der Waals surface area contributed by atoms with E-state index < -0.39 is 5.41 Å². The fourth-order valence-electron chi connectivity index (χ4n) is 3.17. The van der Waals surface area contributed by atoms with Crippen LogP contribution in [0.2, 0.25) is 0 Å². The number of benzene rings is 1. The summed E-state index contributed by atoms with van der Waals surface area (Å²) in [5.74, 6) is -0.172. The third kappa shape index (κ3) is 2.82. The molecule has 0 radical (unpaired) electrons. The zero-order valence-electron chi connectivity index (χ0n) is 14.8. The number of carbonyl (C=O) groups is 2. The van der Waals surface area contributed by atoms with Crippen molar-refractivity contribution in [3.8, 4) is 0 Å². The van der Waals surface area contributed by atoms with E-state index in [1.807, 2.05) is 32.9 Å². The molecule has 2 N–H and O–H groups in total. The highest BCUT2D eigenvalue weighted by atomic mass is 16.2. The number of hydrogen-bond acceptors (Lipinski definition) is 4. The number of rotatable bonds is 3. The number of pyridine rings is 1. The van der Waals surface area contributed by atoms with Gasteiger partial charge in [0.2, 0.25) is 5.91 Å². The van der Waals surface area contributed by atoms with Gasteiger partial charge in [0.05, 0.1) is 5.41 Å². The number of likely N-dealkylation sites (N-methyl/N-ethyl adjacent to an activating group) is 1. The van der Waals surface area contributed by atoms with Gasteiger partial charge < -0.3 is 10.6 Å². The van der Waals surface area contributed by atoms with Gasteiger partial charge >= 0.3 is 0 Å². The number of hydrogen-bond donors (Lipinski definition) is 1. The second kappa shape index (κ2) is 5.84. The molecule has 5 heteroatoms. The fraction of sp³-hybridized carbons (Fsp3) is 0.250. The lowest BCUT2D eigenvalue weighted by atomic mass is 9.85. The topological polar surface area (TPSA) is 76.3 Å². The average Bonchev–Trinajstić information content (AvgIpc) is 2.75. The molecule has 0 saturated heterocycles. The van der Waals surface area contributed by atoms with Gasteiger partial charge in [0.25, 0.3) is 0 Å². The highest BCUT2D eigenvalue weighted by Crippen LogP contribution is 2.41. The molecule has 1 aliphatic heterocycles. The van der Waals surface area contributed by atoms with Crippen LogP contribution in [0.5, 0.6) is 0 Å². The van der Waals surface area contributed by atoms with Gasteiger partial charge in [-0.3, -0.25) is 14.6 Å².